The molecule has 1 saturated heterocycles. The van der Waals surface area contributed by atoms with Crippen LogP contribution in [0.1, 0.15) is 32.3 Å². The van der Waals surface area contributed by atoms with Crippen LogP contribution < -0.4 is 5.73 Å². The third kappa shape index (κ3) is 5.44. The van der Waals surface area contributed by atoms with Crippen molar-refractivity contribution in [3.63, 3.8) is 0 Å². The summed E-state index contributed by atoms with van der Waals surface area (Å²) in [6, 6.07) is 5.77. The first kappa shape index (κ1) is 19.9. The largest absolute Gasteiger partial charge is 0.461 e. The van der Waals surface area contributed by atoms with E-state index in [1.807, 2.05) is 6.92 Å². The molecule has 1 aliphatic heterocycles. The number of esters is 1. The number of ether oxygens (including phenoxy) is 2. The van der Waals surface area contributed by atoms with Crippen LogP contribution in [0.5, 0.6) is 0 Å². The van der Waals surface area contributed by atoms with Gasteiger partial charge in [-0.25, -0.2) is 4.39 Å². The lowest BCUT2D eigenvalue weighted by Crippen LogP contribution is -2.38. The van der Waals surface area contributed by atoms with Crippen LogP contribution in [0.15, 0.2) is 24.3 Å². The lowest BCUT2D eigenvalue weighted by atomic mass is 9.88. The minimum Gasteiger partial charge on any atom is -0.461 e. The van der Waals surface area contributed by atoms with Gasteiger partial charge in [-0.3, -0.25) is 4.79 Å². The minimum atomic E-state index is -0.635. The average Bonchev–Trinajstić information content (AvgIpc) is 2.54. The molecule has 0 aliphatic carbocycles. The molecular formula is C17H25ClFNO3. The molecule has 2 N–H and O–H groups in total. The highest BCUT2D eigenvalue weighted by molar-refractivity contribution is 5.85. The molecule has 1 aromatic rings. The maximum Gasteiger partial charge on any atom is 0.323 e. The Morgan fingerprint density at radius 3 is 2.57 bits per heavy atom. The molecule has 1 aromatic carbocycles. The van der Waals surface area contributed by atoms with Crippen molar-refractivity contribution in [1.29, 1.82) is 0 Å². The highest BCUT2D eigenvalue weighted by atomic mass is 35.5. The molecule has 130 valence electrons. The molecule has 0 radical (unpaired) electrons. The predicted octanol–water partition coefficient (Wildman–Crippen LogP) is 2.86. The standard InChI is InChI=1S/C17H24FNO3.ClH/c1-3-16-14(10-12-4-6-13(18)7-5-12)11(2)22-17(20)15(19)8-9-21-16;/h4-7,11,14-16H,3,8-10,19H2,1-2H3;1H/t11-,14-,15-,16+;/m0./s1. The van der Waals surface area contributed by atoms with Gasteiger partial charge in [0.25, 0.3) is 0 Å². The molecule has 4 nitrogen and oxygen atoms in total. The summed E-state index contributed by atoms with van der Waals surface area (Å²) in [5.74, 6) is -0.617. The maximum atomic E-state index is 13.0. The van der Waals surface area contributed by atoms with E-state index < -0.39 is 6.04 Å². The van der Waals surface area contributed by atoms with Crippen molar-refractivity contribution in [2.45, 2.75) is 51.4 Å². The van der Waals surface area contributed by atoms with Crippen molar-refractivity contribution in [3.8, 4) is 0 Å². The first-order chi connectivity index (χ1) is 10.5. The minimum absolute atomic E-state index is 0. The fraction of sp³-hybridized carbons (Fsp3) is 0.588. The fourth-order valence-corrected chi connectivity index (χ4v) is 2.86. The molecular weight excluding hydrogens is 321 g/mol. The molecule has 1 aliphatic rings. The van der Waals surface area contributed by atoms with Gasteiger partial charge in [-0.2, -0.15) is 0 Å². The van der Waals surface area contributed by atoms with Crippen molar-refractivity contribution < 1.29 is 18.7 Å². The first-order valence-corrected chi connectivity index (χ1v) is 7.83. The van der Waals surface area contributed by atoms with Gasteiger partial charge in [-0.05, 0) is 43.9 Å². The van der Waals surface area contributed by atoms with E-state index in [0.717, 1.165) is 12.0 Å². The molecule has 6 heteroatoms. The summed E-state index contributed by atoms with van der Waals surface area (Å²) in [6.45, 7) is 4.37. The number of carbonyl (C=O) groups excluding carboxylic acids is 1. The average molecular weight is 346 g/mol. The molecule has 1 fully saturated rings. The van der Waals surface area contributed by atoms with E-state index >= 15 is 0 Å². The Morgan fingerprint density at radius 2 is 1.96 bits per heavy atom. The van der Waals surface area contributed by atoms with Crippen LogP contribution in [-0.4, -0.2) is 30.8 Å². The van der Waals surface area contributed by atoms with Crippen molar-refractivity contribution in [1.82, 2.24) is 0 Å². The van der Waals surface area contributed by atoms with E-state index in [4.69, 9.17) is 15.2 Å². The predicted molar refractivity (Wildman–Crippen MR) is 89.0 cm³/mol. The number of rotatable bonds is 3. The van der Waals surface area contributed by atoms with E-state index in [2.05, 4.69) is 6.92 Å². The van der Waals surface area contributed by atoms with Gasteiger partial charge >= 0.3 is 5.97 Å². The fourth-order valence-electron chi connectivity index (χ4n) is 2.86. The van der Waals surface area contributed by atoms with Gasteiger partial charge < -0.3 is 15.2 Å². The van der Waals surface area contributed by atoms with E-state index in [0.29, 0.717) is 19.4 Å². The summed E-state index contributed by atoms with van der Waals surface area (Å²) in [5, 5.41) is 0. The van der Waals surface area contributed by atoms with Crippen LogP contribution in [0.2, 0.25) is 0 Å². The summed E-state index contributed by atoms with van der Waals surface area (Å²) < 4.78 is 24.5. The summed E-state index contributed by atoms with van der Waals surface area (Å²) >= 11 is 0. The van der Waals surface area contributed by atoms with Gasteiger partial charge in [0.15, 0.2) is 0 Å². The summed E-state index contributed by atoms with van der Waals surface area (Å²) in [5.41, 5.74) is 6.78. The van der Waals surface area contributed by atoms with Crippen LogP contribution in [0, 0.1) is 11.7 Å². The monoisotopic (exact) mass is 345 g/mol. The molecule has 0 aromatic heterocycles. The molecule has 0 unspecified atom stereocenters. The summed E-state index contributed by atoms with van der Waals surface area (Å²) in [7, 11) is 0. The van der Waals surface area contributed by atoms with E-state index in [9.17, 15) is 9.18 Å². The van der Waals surface area contributed by atoms with Crippen LogP contribution in [-0.2, 0) is 20.7 Å². The van der Waals surface area contributed by atoms with Gasteiger partial charge in [-0.1, -0.05) is 19.1 Å². The lowest BCUT2D eigenvalue weighted by Gasteiger charge is -2.30. The summed E-state index contributed by atoms with van der Waals surface area (Å²) in [6.07, 6.45) is 1.64. The van der Waals surface area contributed by atoms with Gasteiger partial charge in [0.1, 0.15) is 18.0 Å². The topological polar surface area (TPSA) is 61.5 Å². The van der Waals surface area contributed by atoms with Crippen LogP contribution in [0.4, 0.5) is 4.39 Å². The van der Waals surface area contributed by atoms with Crippen molar-refractivity contribution in [2.75, 3.05) is 6.61 Å². The van der Waals surface area contributed by atoms with Gasteiger partial charge in [-0.15, -0.1) is 12.4 Å². The van der Waals surface area contributed by atoms with E-state index in [1.165, 1.54) is 12.1 Å². The number of cyclic esters (lactones) is 1. The van der Waals surface area contributed by atoms with Crippen LogP contribution >= 0.6 is 12.4 Å². The molecule has 2 rings (SSSR count). The molecule has 0 amide bonds. The van der Waals surface area contributed by atoms with Crippen molar-refractivity contribution >= 4 is 18.4 Å². The number of hydrogen-bond donors (Lipinski definition) is 1. The van der Waals surface area contributed by atoms with Gasteiger partial charge in [0, 0.05) is 12.5 Å². The normalized spacial score (nSPS) is 28.8. The lowest BCUT2D eigenvalue weighted by molar-refractivity contribution is -0.153. The second kappa shape index (κ2) is 9.21. The quantitative estimate of drug-likeness (QED) is 0.856. The van der Waals surface area contributed by atoms with Crippen molar-refractivity contribution in [2.24, 2.45) is 11.7 Å². The second-order valence-corrected chi connectivity index (χ2v) is 5.85. The third-order valence-corrected chi connectivity index (χ3v) is 4.23. The molecule has 0 saturated carbocycles. The zero-order valence-electron chi connectivity index (χ0n) is 13.5. The maximum absolute atomic E-state index is 13.0. The van der Waals surface area contributed by atoms with Gasteiger partial charge in [0.05, 0.1) is 6.10 Å². The Kier molecular flexibility index (Phi) is 7.95. The molecule has 23 heavy (non-hydrogen) atoms. The Morgan fingerprint density at radius 1 is 1.30 bits per heavy atom. The Balaban J connectivity index is 0.00000264. The Hall–Kier alpha value is -1.17. The summed E-state index contributed by atoms with van der Waals surface area (Å²) in [4.78, 5) is 11.9. The van der Waals surface area contributed by atoms with Crippen LogP contribution in [0.3, 0.4) is 0 Å². The Bertz CT molecular complexity index is 497. The highest BCUT2D eigenvalue weighted by Crippen LogP contribution is 2.25. The zero-order chi connectivity index (χ0) is 16.1. The molecule has 0 spiro atoms. The molecule has 1 heterocycles. The number of hydrogen-bond acceptors (Lipinski definition) is 4. The first-order valence-electron chi connectivity index (χ1n) is 7.83. The smallest absolute Gasteiger partial charge is 0.323 e. The van der Waals surface area contributed by atoms with Crippen LogP contribution in [0.25, 0.3) is 0 Å². The van der Waals surface area contributed by atoms with E-state index in [1.54, 1.807) is 12.1 Å². The number of nitrogens with two attached hydrogens (primary N) is 1. The number of benzene rings is 1. The highest BCUT2D eigenvalue weighted by Gasteiger charge is 2.32. The van der Waals surface area contributed by atoms with Gasteiger partial charge in [0.2, 0.25) is 0 Å². The number of carbonyl (C=O) groups is 1. The molecule has 4 atom stereocenters. The zero-order valence-corrected chi connectivity index (χ0v) is 14.4. The van der Waals surface area contributed by atoms with Crippen molar-refractivity contribution in [3.05, 3.63) is 35.6 Å². The Labute approximate surface area is 142 Å². The number of halogens is 2. The second-order valence-electron chi connectivity index (χ2n) is 5.85. The SMILES string of the molecule is CC[C@H]1OCC[C@H](N)C(=O)O[C@@H](C)[C@@H]1Cc1ccc(F)cc1.Cl. The van der Waals surface area contributed by atoms with E-state index in [-0.39, 0.29) is 42.3 Å². The molecule has 0 bridgehead atoms. The third-order valence-electron chi connectivity index (χ3n) is 4.23.